The van der Waals surface area contributed by atoms with Crippen LogP contribution in [-0.2, 0) is 13.1 Å². The van der Waals surface area contributed by atoms with Gasteiger partial charge in [-0.1, -0.05) is 0 Å². The average molecular weight is 242 g/mol. The van der Waals surface area contributed by atoms with Gasteiger partial charge in [0, 0.05) is 37.5 Å². The molecule has 0 radical (unpaired) electrons. The fraction of sp³-hybridized carbons (Fsp3) is 0.250. The molecule has 0 fully saturated rings. The molecule has 0 saturated carbocycles. The van der Waals surface area contributed by atoms with E-state index in [1.807, 2.05) is 30.1 Å². The minimum Gasteiger partial charge on any atom is -0.342 e. The van der Waals surface area contributed by atoms with E-state index in [9.17, 15) is 0 Å². The molecular formula is C12H14N6. The van der Waals surface area contributed by atoms with Gasteiger partial charge in [-0.2, -0.15) is 5.10 Å². The summed E-state index contributed by atoms with van der Waals surface area (Å²) < 4.78 is 4.00. The van der Waals surface area contributed by atoms with E-state index >= 15 is 0 Å². The van der Waals surface area contributed by atoms with Crippen LogP contribution in [0.15, 0.2) is 37.1 Å². The van der Waals surface area contributed by atoms with Gasteiger partial charge in [0.1, 0.15) is 0 Å². The van der Waals surface area contributed by atoms with Gasteiger partial charge in [-0.3, -0.25) is 4.68 Å². The van der Waals surface area contributed by atoms with Gasteiger partial charge in [0.05, 0.1) is 12.2 Å². The Hall–Kier alpha value is -2.37. The van der Waals surface area contributed by atoms with Crippen LogP contribution in [-0.4, -0.2) is 29.3 Å². The number of hydrogen-bond donors (Lipinski definition) is 1. The largest absolute Gasteiger partial charge is 0.342 e. The molecule has 0 bridgehead atoms. The fourth-order valence-electron chi connectivity index (χ4n) is 1.89. The van der Waals surface area contributed by atoms with Crippen molar-refractivity contribution in [2.75, 3.05) is 0 Å². The van der Waals surface area contributed by atoms with Crippen molar-refractivity contribution in [1.82, 2.24) is 29.3 Å². The fourth-order valence-corrected chi connectivity index (χ4v) is 1.89. The topological polar surface area (TPSA) is 64.3 Å². The number of imidazole rings is 2. The van der Waals surface area contributed by atoms with E-state index in [1.54, 1.807) is 18.6 Å². The van der Waals surface area contributed by atoms with E-state index in [4.69, 9.17) is 0 Å². The van der Waals surface area contributed by atoms with Crippen molar-refractivity contribution < 1.29 is 0 Å². The lowest BCUT2D eigenvalue weighted by Crippen LogP contribution is -2.09. The van der Waals surface area contributed by atoms with Crippen LogP contribution in [0.1, 0.15) is 5.69 Å². The summed E-state index contributed by atoms with van der Waals surface area (Å²) in [4.78, 5) is 11.6. The monoisotopic (exact) mass is 242 g/mol. The number of hydrogen-bond acceptors (Lipinski definition) is 3. The Labute approximate surface area is 104 Å². The highest BCUT2D eigenvalue weighted by Crippen LogP contribution is 2.11. The zero-order chi connectivity index (χ0) is 12.4. The molecule has 18 heavy (non-hydrogen) atoms. The number of H-pyrrole nitrogens is 1. The minimum atomic E-state index is 0.789. The van der Waals surface area contributed by atoms with Crippen LogP contribution >= 0.6 is 0 Å². The van der Waals surface area contributed by atoms with Crippen molar-refractivity contribution in [2.45, 2.75) is 20.0 Å². The summed E-state index contributed by atoms with van der Waals surface area (Å²) in [6.45, 7) is 3.62. The highest BCUT2D eigenvalue weighted by atomic mass is 15.3. The average Bonchev–Trinajstić information content (AvgIpc) is 3.07. The van der Waals surface area contributed by atoms with Gasteiger partial charge in [0.25, 0.3) is 0 Å². The highest BCUT2D eigenvalue weighted by molar-refractivity contribution is 5.43. The molecule has 3 heterocycles. The van der Waals surface area contributed by atoms with E-state index in [0.717, 1.165) is 30.4 Å². The normalized spacial score (nSPS) is 10.9. The first-order valence-corrected chi connectivity index (χ1v) is 5.84. The van der Waals surface area contributed by atoms with Gasteiger partial charge < -0.3 is 9.55 Å². The predicted octanol–water partition coefficient (Wildman–Crippen LogP) is 1.48. The molecule has 0 aliphatic carbocycles. The number of nitrogens with zero attached hydrogens (tertiary/aromatic N) is 5. The number of nitrogens with one attached hydrogen (secondary N) is 1. The predicted molar refractivity (Wildman–Crippen MR) is 66.8 cm³/mol. The van der Waals surface area contributed by atoms with Crippen molar-refractivity contribution >= 4 is 0 Å². The molecule has 0 unspecified atom stereocenters. The molecule has 92 valence electrons. The molecule has 0 saturated heterocycles. The van der Waals surface area contributed by atoms with Gasteiger partial charge in [0.15, 0.2) is 11.6 Å². The molecule has 0 aliphatic rings. The van der Waals surface area contributed by atoms with Crippen LogP contribution < -0.4 is 0 Å². The molecule has 6 heteroatoms. The summed E-state index contributed by atoms with van der Waals surface area (Å²) in [5.41, 5.74) is 1.03. The van der Waals surface area contributed by atoms with Crippen LogP contribution in [0, 0.1) is 6.92 Å². The van der Waals surface area contributed by atoms with Gasteiger partial charge in [0.2, 0.25) is 0 Å². The van der Waals surface area contributed by atoms with E-state index in [2.05, 4.69) is 24.6 Å². The van der Waals surface area contributed by atoms with Crippen LogP contribution in [0.2, 0.25) is 0 Å². The Kier molecular flexibility index (Phi) is 2.68. The SMILES string of the molecule is Cc1ccn(CCn2ccnc2-c2ncc[nH]2)n1. The van der Waals surface area contributed by atoms with Gasteiger partial charge >= 0.3 is 0 Å². The second-order valence-electron chi connectivity index (χ2n) is 4.10. The summed E-state index contributed by atoms with van der Waals surface area (Å²) in [6.07, 6.45) is 9.25. The zero-order valence-corrected chi connectivity index (χ0v) is 10.1. The summed E-state index contributed by atoms with van der Waals surface area (Å²) in [5.74, 6) is 1.64. The Balaban J connectivity index is 1.76. The van der Waals surface area contributed by atoms with Crippen LogP contribution in [0.3, 0.4) is 0 Å². The van der Waals surface area contributed by atoms with Gasteiger partial charge in [-0.15, -0.1) is 0 Å². The highest BCUT2D eigenvalue weighted by Gasteiger charge is 2.07. The first-order valence-electron chi connectivity index (χ1n) is 5.84. The van der Waals surface area contributed by atoms with Crippen molar-refractivity contribution in [2.24, 2.45) is 0 Å². The molecular weight excluding hydrogens is 228 g/mol. The Morgan fingerprint density at radius 2 is 2.11 bits per heavy atom. The summed E-state index contributed by atoms with van der Waals surface area (Å²) in [6, 6.07) is 2.00. The first kappa shape index (κ1) is 10.8. The second-order valence-corrected chi connectivity index (χ2v) is 4.10. The molecule has 6 nitrogen and oxygen atoms in total. The molecule has 0 amide bonds. The maximum Gasteiger partial charge on any atom is 0.176 e. The second kappa shape index (κ2) is 4.48. The third kappa shape index (κ3) is 2.04. The zero-order valence-electron chi connectivity index (χ0n) is 10.1. The maximum atomic E-state index is 4.36. The minimum absolute atomic E-state index is 0.789. The lowest BCUT2D eigenvalue weighted by molar-refractivity contribution is 0.533. The molecule has 3 aromatic rings. The van der Waals surface area contributed by atoms with Crippen LogP contribution in [0.4, 0.5) is 0 Å². The van der Waals surface area contributed by atoms with Crippen LogP contribution in [0.5, 0.6) is 0 Å². The van der Waals surface area contributed by atoms with Crippen molar-refractivity contribution in [3.8, 4) is 11.6 Å². The van der Waals surface area contributed by atoms with E-state index < -0.39 is 0 Å². The van der Waals surface area contributed by atoms with Gasteiger partial charge in [-0.25, -0.2) is 9.97 Å². The standard InChI is InChI=1S/C12H14N6/c1-10-2-6-18(16-10)9-8-17-7-5-15-12(17)11-13-3-4-14-11/h2-7H,8-9H2,1H3,(H,13,14). The molecule has 3 rings (SSSR count). The van der Waals surface area contributed by atoms with Crippen molar-refractivity contribution in [3.63, 3.8) is 0 Å². The third-order valence-electron chi connectivity index (χ3n) is 2.77. The molecule has 3 aromatic heterocycles. The number of aromatic nitrogens is 6. The van der Waals surface area contributed by atoms with E-state index in [-0.39, 0.29) is 0 Å². The van der Waals surface area contributed by atoms with Gasteiger partial charge in [-0.05, 0) is 13.0 Å². The maximum absolute atomic E-state index is 4.36. The van der Waals surface area contributed by atoms with Crippen LogP contribution in [0.25, 0.3) is 11.6 Å². The van der Waals surface area contributed by atoms with Crippen molar-refractivity contribution in [3.05, 3.63) is 42.7 Å². The quantitative estimate of drug-likeness (QED) is 0.753. The smallest absolute Gasteiger partial charge is 0.176 e. The lowest BCUT2D eigenvalue weighted by Gasteiger charge is -2.06. The molecule has 1 N–H and O–H groups in total. The summed E-state index contributed by atoms with van der Waals surface area (Å²) in [5, 5.41) is 4.36. The Morgan fingerprint density at radius 1 is 1.17 bits per heavy atom. The summed E-state index contributed by atoms with van der Waals surface area (Å²) >= 11 is 0. The number of aromatic amines is 1. The Morgan fingerprint density at radius 3 is 2.83 bits per heavy atom. The number of rotatable bonds is 4. The third-order valence-corrected chi connectivity index (χ3v) is 2.77. The molecule has 0 spiro atoms. The molecule has 0 aromatic carbocycles. The summed E-state index contributed by atoms with van der Waals surface area (Å²) in [7, 11) is 0. The van der Waals surface area contributed by atoms with E-state index in [1.165, 1.54) is 0 Å². The Bertz CT molecular complexity index is 619. The first-order chi connectivity index (χ1) is 8.83. The lowest BCUT2D eigenvalue weighted by atomic mass is 10.5. The van der Waals surface area contributed by atoms with E-state index in [0.29, 0.717) is 0 Å². The molecule has 0 atom stereocenters. The number of aryl methyl sites for hydroxylation is 3. The van der Waals surface area contributed by atoms with Crippen molar-refractivity contribution in [1.29, 1.82) is 0 Å². The molecule has 0 aliphatic heterocycles.